The van der Waals surface area contributed by atoms with E-state index in [1.54, 1.807) is 4.90 Å². The van der Waals surface area contributed by atoms with Gasteiger partial charge in [0.1, 0.15) is 5.41 Å². The average molecular weight is 341 g/mol. The molecule has 1 aromatic heterocycles. The first kappa shape index (κ1) is 16.1. The van der Waals surface area contributed by atoms with Crippen LogP contribution < -0.4 is 0 Å². The Morgan fingerprint density at radius 1 is 1.20 bits per heavy atom. The van der Waals surface area contributed by atoms with E-state index in [1.165, 1.54) is 0 Å². The first-order chi connectivity index (χ1) is 11.9. The Balaban J connectivity index is 1.69. The van der Waals surface area contributed by atoms with Crippen LogP contribution >= 0.6 is 0 Å². The van der Waals surface area contributed by atoms with Crippen molar-refractivity contribution in [3.63, 3.8) is 0 Å². The number of hydrogen-bond donors (Lipinski definition) is 1. The molecule has 4 rings (SSSR count). The van der Waals surface area contributed by atoms with Gasteiger partial charge in [0, 0.05) is 43.8 Å². The maximum atomic E-state index is 13.2. The number of hydrogen-bond acceptors (Lipinski definition) is 3. The zero-order chi connectivity index (χ0) is 17.8. The fourth-order valence-electron chi connectivity index (χ4n) is 4.61. The molecule has 0 spiro atoms. The molecular formula is C19H23N3O3. The van der Waals surface area contributed by atoms with Crippen LogP contribution in [0.25, 0.3) is 10.9 Å². The molecule has 1 amide bonds. The lowest BCUT2D eigenvalue weighted by molar-refractivity contribution is -0.153. The van der Waals surface area contributed by atoms with Crippen molar-refractivity contribution in [2.75, 3.05) is 33.2 Å². The fraction of sp³-hybridized carbons (Fsp3) is 0.474. The Morgan fingerprint density at radius 2 is 1.96 bits per heavy atom. The van der Waals surface area contributed by atoms with Gasteiger partial charge in [-0.25, -0.2) is 0 Å². The number of amides is 1. The largest absolute Gasteiger partial charge is 0.481 e. The zero-order valence-corrected chi connectivity index (χ0v) is 14.6. The van der Waals surface area contributed by atoms with Gasteiger partial charge < -0.3 is 19.5 Å². The van der Waals surface area contributed by atoms with Gasteiger partial charge in [-0.15, -0.1) is 0 Å². The highest BCUT2D eigenvalue weighted by molar-refractivity contribution is 6.07. The summed E-state index contributed by atoms with van der Waals surface area (Å²) in [7, 11) is 3.88. The Kier molecular flexibility index (Phi) is 3.61. The molecule has 2 atom stereocenters. The number of carboxylic acid groups (broad SMARTS) is 1. The van der Waals surface area contributed by atoms with Gasteiger partial charge in [0.25, 0.3) is 5.91 Å². The van der Waals surface area contributed by atoms with Gasteiger partial charge in [-0.2, -0.15) is 0 Å². The Labute approximate surface area is 146 Å². The van der Waals surface area contributed by atoms with E-state index in [0.29, 0.717) is 25.2 Å². The first-order valence-electron chi connectivity index (χ1n) is 8.67. The molecule has 3 heterocycles. The molecule has 2 fully saturated rings. The van der Waals surface area contributed by atoms with Crippen molar-refractivity contribution < 1.29 is 14.7 Å². The number of carbonyl (C=O) groups is 2. The highest BCUT2D eigenvalue weighted by Gasteiger charge is 2.55. The molecule has 0 radical (unpaired) electrons. The molecule has 2 unspecified atom stereocenters. The lowest BCUT2D eigenvalue weighted by Crippen LogP contribution is -2.52. The highest BCUT2D eigenvalue weighted by atomic mass is 16.4. The summed E-state index contributed by atoms with van der Waals surface area (Å²) in [6, 6.07) is 7.82. The minimum Gasteiger partial charge on any atom is -0.481 e. The average Bonchev–Trinajstić information content (AvgIpc) is 3.14. The van der Waals surface area contributed by atoms with Crippen molar-refractivity contribution in [1.82, 2.24) is 14.4 Å². The molecule has 0 aliphatic carbocycles. The topological polar surface area (TPSA) is 65.8 Å². The lowest BCUT2D eigenvalue weighted by Gasteiger charge is -2.39. The number of aliphatic carboxylic acids is 1. The second kappa shape index (κ2) is 5.59. The van der Waals surface area contributed by atoms with E-state index < -0.39 is 11.4 Å². The maximum Gasteiger partial charge on any atom is 0.313 e. The van der Waals surface area contributed by atoms with E-state index in [9.17, 15) is 14.7 Å². The zero-order valence-electron chi connectivity index (χ0n) is 14.6. The summed E-state index contributed by atoms with van der Waals surface area (Å²) < 4.78 is 1.95. The maximum absolute atomic E-state index is 13.2. The third kappa shape index (κ3) is 2.35. The van der Waals surface area contributed by atoms with Crippen LogP contribution in [0.3, 0.4) is 0 Å². The van der Waals surface area contributed by atoms with E-state index in [-0.39, 0.29) is 11.8 Å². The molecule has 25 heavy (non-hydrogen) atoms. The number of benzene rings is 1. The normalized spacial score (nSPS) is 26.8. The van der Waals surface area contributed by atoms with Crippen LogP contribution in [-0.2, 0) is 11.8 Å². The molecule has 2 saturated heterocycles. The lowest BCUT2D eigenvalue weighted by atomic mass is 9.73. The number of para-hydroxylation sites is 1. The summed E-state index contributed by atoms with van der Waals surface area (Å²) in [6.07, 6.45) is 2.68. The summed E-state index contributed by atoms with van der Waals surface area (Å²) in [6.45, 7) is 2.21. The van der Waals surface area contributed by atoms with Crippen LogP contribution in [0.4, 0.5) is 0 Å². The van der Waals surface area contributed by atoms with Crippen LogP contribution in [0.2, 0.25) is 0 Å². The van der Waals surface area contributed by atoms with E-state index in [1.807, 2.05) is 49.1 Å². The number of carboxylic acids is 1. The van der Waals surface area contributed by atoms with Crippen molar-refractivity contribution in [2.24, 2.45) is 18.4 Å². The summed E-state index contributed by atoms with van der Waals surface area (Å²) in [4.78, 5) is 29.0. The Bertz CT molecular complexity index is 859. The highest BCUT2D eigenvalue weighted by Crippen LogP contribution is 2.42. The number of nitrogens with zero attached hydrogens (tertiary/aromatic N) is 3. The predicted octanol–water partition coefficient (Wildman–Crippen LogP) is 1.66. The Hall–Kier alpha value is -2.34. The van der Waals surface area contributed by atoms with Gasteiger partial charge >= 0.3 is 5.97 Å². The van der Waals surface area contributed by atoms with Gasteiger partial charge in [0.05, 0.1) is 5.56 Å². The van der Waals surface area contributed by atoms with Crippen molar-refractivity contribution in [3.8, 4) is 0 Å². The van der Waals surface area contributed by atoms with Crippen LogP contribution in [-0.4, -0.2) is 64.6 Å². The Morgan fingerprint density at radius 3 is 2.72 bits per heavy atom. The molecule has 1 N–H and O–H groups in total. The molecule has 0 bridgehead atoms. The van der Waals surface area contributed by atoms with Gasteiger partial charge in [-0.3, -0.25) is 9.59 Å². The van der Waals surface area contributed by atoms with Crippen molar-refractivity contribution in [1.29, 1.82) is 0 Å². The molecule has 2 aliphatic heterocycles. The number of aromatic nitrogens is 1. The summed E-state index contributed by atoms with van der Waals surface area (Å²) in [5.41, 5.74) is 0.827. The van der Waals surface area contributed by atoms with Crippen molar-refractivity contribution in [2.45, 2.75) is 6.42 Å². The molecule has 6 nitrogen and oxygen atoms in total. The second-order valence-corrected chi connectivity index (χ2v) is 7.54. The number of carbonyl (C=O) groups excluding carboxylic acids is 1. The molecular weight excluding hydrogens is 318 g/mol. The second-order valence-electron chi connectivity index (χ2n) is 7.54. The molecule has 2 aliphatic rings. The molecule has 132 valence electrons. The number of aryl methyl sites for hydroxylation is 1. The summed E-state index contributed by atoms with van der Waals surface area (Å²) in [5, 5.41) is 10.8. The summed E-state index contributed by atoms with van der Waals surface area (Å²) in [5.74, 6) is -0.813. The van der Waals surface area contributed by atoms with Crippen LogP contribution in [0.5, 0.6) is 0 Å². The third-order valence-electron chi connectivity index (χ3n) is 5.95. The molecule has 1 aromatic carbocycles. The van der Waals surface area contributed by atoms with Crippen molar-refractivity contribution >= 4 is 22.8 Å². The smallest absolute Gasteiger partial charge is 0.313 e. The van der Waals surface area contributed by atoms with Crippen LogP contribution in [0, 0.1) is 11.3 Å². The van der Waals surface area contributed by atoms with E-state index in [4.69, 9.17) is 0 Å². The molecule has 0 saturated carbocycles. The monoisotopic (exact) mass is 341 g/mol. The minimum atomic E-state index is -0.840. The van der Waals surface area contributed by atoms with E-state index >= 15 is 0 Å². The van der Waals surface area contributed by atoms with E-state index in [0.717, 1.165) is 23.9 Å². The predicted molar refractivity (Wildman–Crippen MR) is 94.5 cm³/mol. The standard InChI is InChI=1S/C19H23N3O3/c1-20-8-7-13-9-22(12-19(13,11-20)18(24)25)17(23)15-10-21(2)16-6-4-3-5-14(15)16/h3-6,10,13H,7-9,11-12H2,1-2H3,(H,24,25). The van der Waals surface area contributed by atoms with Gasteiger partial charge in [0.2, 0.25) is 0 Å². The number of fused-ring (bicyclic) bond motifs is 2. The van der Waals surface area contributed by atoms with Crippen LogP contribution in [0.15, 0.2) is 30.5 Å². The SMILES string of the molecule is CN1CCC2CN(C(=O)c3cn(C)c4ccccc34)CC2(C(=O)O)C1. The number of likely N-dealkylation sites (tertiary alicyclic amines) is 2. The number of rotatable bonds is 2. The molecule has 2 aromatic rings. The van der Waals surface area contributed by atoms with Gasteiger partial charge in [-0.1, -0.05) is 18.2 Å². The van der Waals surface area contributed by atoms with Crippen LogP contribution in [0.1, 0.15) is 16.8 Å². The first-order valence-corrected chi connectivity index (χ1v) is 8.67. The van der Waals surface area contributed by atoms with Gasteiger partial charge in [0.15, 0.2) is 0 Å². The van der Waals surface area contributed by atoms with Crippen molar-refractivity contribution in [3.05, 3.63) is 36.0 Å². The van der Waals surface area contributed by atoms with E-state index in [2.05, 4.69) is 4.90 Å². The quantitative estimate of drug-likeness (QED) is 0.902. The fourth-order valence-corrected chi connectivity index (χ4v) is 4.61. The third-order valence-corrected chi connectivity index (χ3v) is 5.95. The summed E-state index contributed by atoms with van der Waals surface area (Å²) >= 11 is 0. The minimum absolute atomic E-state index is 0.0279. The van der Waals surface area contributed by atoms with Gasteiger partial charge in [-0.05, 0) is 32.0 Å². The molecule has 6 heteroatoms. The number of piperidine rings is 1.